The van der Waals surface area contributed by atoms with Crippen LogP contribution in [0.2, 0.25) is 0 Å². The van der Waals surface area contributed by atoms with Crippen molar-refractivity contribution in [3.63, 3.8) is 0 Å². The molecule has 19 heavy (non-hydrogen) atoms. The summed E-state index contributed by atoms with van der Waals surface area (Å²) in [5.74, 6) is 1.39. The molecule has 0 spiro atoms. The van der Waals surface area contributed by atoms with E-state index in [9.17, 15) is 4.79 Å². The molecule has 0 bridgehead atoms. The van der Waals surface area contributed by atoms with Crippen molar-refractivity contribution in [3.8, 4) is 11.5 Å². The lowest BCUT2D eigenvalue weighted by Crippen LogP contribution is -2.23. The first-order chi connectivity index (χ1) is 8.93. The quantitative estimate of drug-likeness (QED) is 0.586. The van der Waals surface area contributed by atoms with Crippen LogP contribution in [0.4, 0.5) is 0 Å². The summed E-state index contributed by atoms with van der Waals surface area (Å²) in [6, 6.07) is 7.38. The van der Waals surface area contributed by atoms with E-state index < -0.39 is 5.41 Å². The molecular formula is C15H22O4. The first-order valence-corrected chi connectivity index (χ1v) is 6.37. The smallest absolute Gasteiger partial charge is 0.311 e. The second-order valence-electron chi connectivity index (χ2n) is 5.26. The SMILES string of the molecule is COc1ccc(OCCCOC(=O)C(C)(C)C)cc1. The van der Waals surface area contributed by atoms with E-state index in [-0.39, 0.29) is 5.97 Å². The van der Waals surface area contributed by atoms with E-state index in [0.717, 1.165) is 11.5 Å². The van der Waals surface area contributed by atoms with Gasteiger partial charge in [-0.2, -0.15) is 0 Å². The van der Waals surface area contributed by atoms with E-state index >= 15 is 0 Å². The van der Waals surface area contributed by atoms with Gasteiger partial charge in [0, 0.05) is 6.42 Å². The lowest BCUT2D eigenvalue weighted by atomic mass is 9.97. The first-order valence-electron chi connectivity index (χ1n) is 6.37. The van der Waals surface area contributed by atoms with Crippen LogP contribution in [0.5, 0.6) is 11.5 Å². The van der Waals surface area contributed by atoms with E-state index in [1.807, 2.05) is 45.0 Å². The van der Waals surface area contributed by atoms with E-state index in [0.29, 0.717) is 19.6 Å². The molecule has 106 valence electrons. The monoisotopic (exact) mass is 266 g/mol. The van der Waals surface area contributed by atoms with Gasteiger partial charge in [-0.15, -0.1) is 0 Å². The predicted octanol–water partition coefficient (Wildman–Crippen LogP) is 3.05. The molecular weight excluding hydrogens is 244 g/mol. The number of benzene rings is 1. The summed E-state index contributed by atoms with van der Waals surface area (Å²) in [4.78, 5) is 11.5. The molecule has 0 atom stereocenters. The zero-order valence-corrected chi connectivity index (χ0v) is 12.1. The fraction of sp³-hybridized carbons (Fsp3) is 0.533. The fourth-order valence-corrected chi connectivity index (χ4v) is 1.30. The van der Waals surface area contributed by atoms with Crippen molar-refractivity contribution in [2.75, 3.05) is 20.3 Å². The number of hydrogen-bond acceptors (Lipinski definition) is 4. The van der Waals surface area contributed by atoms with Crippen molar-refractivity contribution in [3.05, 3.63) is 24.3 Å². The molecule has 0 amide bonds. The van der Waals surface area contributed by atoms with Crippen LogP contribution in [0.1, 0.15) is 27.2 Å². The lowest BCUT2D eigenvalue weighted by molar-refractivity contribution is -0.153. The molecule has 0 radical (unpaired) electrons. The highest BCUT2D eigenvalue weighted by molar-refractivity contribution is 5.75. The summed E-state index contributed by atoms with van der Waals surface area (Å²) in [5, 5.41) is 0. The van der Waals surface area contributed by atoms with Gasteiger partial charge in [0.25, 0.3) is 0 Å². The van der Waals surface area contributed by atoms with Gasteiger partial charge in [0.1, 0.15) is 11.5 Å². The average Bonchev–Trinajstić information content (AvgIpc) is 2.37. The van der Waals surface area contributed by atoms with Crippen LogP contribution in [-0.4, -0.2) is 26.3 Å². The Morgan fingerprint density at radius 1 is 1.05 bits per heavy atom. The molecule has 0 saturated heterocycles. The number of carbonyl (C=O) groups is 1. The number of carbonyl (C=O) groups excluding carboxylic acids is 1. The summed E-state index contributed by atoms with van der Waals surface area (Å²) in [6.45, 7) is 6.41. The van der Waals surface area contributed by atoms with Crippen molar-refractivity contribution < 1.29 is 19.0 Å². The number of hydrogen-bond donors (Lipinski definition) is 0. The van der Waals surface area contributed by atoms with E-state index in [4.69, 9.17) is 14.2 Å². The van der Waals surface area contributed by atoms with Crippen LogP contribution in [0, 0.1) is 5.41 Å². The summed E-state index contributed by atoms with van der Waals surface area (Å²) >= 11 is 0. The van der Waals surface area contributed by atoms with Gasteiger partial charge in [-0.25, -0.2) is 0 Å². The number of ether oxygens (including phenoxy) is 3. The average molecular weight is 266 g/mol. The van der Waals surface area contributed by atoms with Gasteiger partial charge in [0.2, 0.25) is 0 Å². The third-order valence-corrected chi connectivity index (χ3v) is 2.46. The topological polar surface area (TPSA) is 44.8 Å². The molecule has 0 unspecified atom stereocenters. The van der Waals surface area contributed by atoms with Crippen LogP contribution in [0.15, 0.2) is 24.3 Å². The Bertz CT molecular complexity index is 390. The van der Waals surface area contributed by atoms with Gasteiger partial charge in [-0.3, -0.25) is 4.79 Å². The maximum Gasteiger partial charge on any atom is 0.311 e. The second-order valence-corrected chi connectivity index (χ2v) is 5.26. The minimum Gasteiger partial charge on any atom is -0.497 e. The molecule has 0 fully saturated rings. The molecule has 0 aromatic heterocycles. The summed E-state index contributed by atoms with van der Waals surface area (Å²) < 4.78 is 15.7. The van der Waals surface area contributed by atoms with Crippen LogP contribution >= 0.6 is 0 Å². The lowest BCUT2D eigenvalue weighted by Gasteiger charge is -2.16. The largest absolute Gasteiger partial charge is 0.497 e. The standard InChI is InChI=1S/C15H22O4/c1-15(2,3)14(16)19-11-5-10-18-13-8-6-12(17-4)7-9-13/h6-9H,5,10-11H2,1-4H3. The number of methoxy groups -OCH3 is 1. The first kappa shape index (κ1) is 15.3. The normalized spacial score (nSPS) is 10.9. The van der Waals surface area contributed by atoms with Gasteiger partial charge in [-0.1, -0.05) is 0 Å². The highest BCUT2D eigenvalue weighted by Crippen LogP contribution is 2.17. The van der Waals surface area contributed by atoms with Gasteiger partial charge < -0.3 is 14.2 Å². The Morgan fingerprint density at radius 2 is 1.63 bits per heavy atom. The molecule has 4 heteroatoms. The Balaban J connectivity index is 2.18. The zero-order valence-electron chi connectivity index (χ0n) is 12.1. The maximum atomic E-state index is 11.5. The maximum absolute atomic E-state index is 11.5. The Hall–Kier alpha value is -1.71. The highest BCUT2D eigenvalue weighted by Gasteiger charge is 2.22. The Labute approximate surface area is 114 Å². The molecule has 1 aromatic rings. The number of rotatable bonds is 6. The van der Waals surface area contributed by atoms with E-state index in [1.54, 1.807) is 7.11 Å². The van der Waals surface area contributed by atoms with Crippen LogP contribution < -0.4 is 9.47 Å². The van der Waals surface area contributed by atoms with Gasteiger partial charge in [0.05, 0.1) is 25.7 Å². The van der Waals surface area contributed by atoms with Crippen LogP contribution in [-0.2, 0) is 9.53 Å². The second kappa shape index (κ2) is 7.02. The van der Waals surface area contributed by atoms with Crippen molar-refractivity contribution in [1.29, 1.82) is 0 Å². The molecule has 0 aliphatic rings. The fourth-order valence-electron chi connectivity index (χ4n) is 1.30. The molecule has 0 aliphatic carbocycles. The predicted molar refractivity (Wildman–Crippen MR) is 73.5 cm³/mol. The molecule has 0 N–H and O–H groups in total. The molecule has 0 aliphatic heterocycles. The van der Waals surface area contributed by atoms with Crippen molar-refractivity contribution in [2.45, 2.75) is 27.2 Å². The molecule has 1 rings (SSSR count). The van der Waals surface area contributed by atoms with Gasteiger partial charge in [-0.05, 0) is 45.0 Å². The van der Waals surface area contributed by atoms with Crippen LogP contribution in [0.25, 0.3) is 0 Å². The molecule has 0 heterocycles. The number of esters is 1. The van der Waals surface area contributed by atoms with Gasteiger partial charge in [0.15, 0.2) is 0 Å². The minimum atomic E-state index is -0.448. The van der Waals surface area contributed by atoms with Crippen molar-refractivity contribution in [2.24, 2.45) is 5.41 Å². The summed E-state index contributed by atoms with van der Waals surface area (Å²) in [7, 11) is 1.62. The third kappa shape index (κ3) is 5.64. The Morgan fingerprint density at radius 3 is 2.16 bits per heavy atom. The summed E-state index contributed by atoms with van der Waals surface area (Å²) in [6.07, 6.45) is 0.674. The summed E-state index contributed by atoms with van der Waals surface area (Å²) in [5.41, 5.74) is -0.448. The molecule has 1 aromatic carbocycles. The third-order valence-electron chi connectivity index (χ3n) is 2.46. The van der Waals surface area contributed by atoms with E-state index in [1.165, 1.54) is 0 Å². The van der Waals surface area contributed by atoms with E-state index in [2.05, 4.69) is 0 Å². The minimum absolute atomic E-state index is 0.183. The molecule has 0 saturated carbocycles. The van der Waals surface area contributed by atoms with Crippen molar-refractivity contribution >= 4 is 5.97 Å². The Kier molecular flexibility index (Phi) is 5.67. The highest BCUT2D eigenvalue weighted by atomic mass is 16.5. The zero-order chi connectivity index (χ0) is 14.3. The molecule has 4 nitrogen and oxygen atoms in total. The van der Waals surface area contributed by atoms with Crippen LogP contribution in [0.3, 0.4) is 0 Å². The van der Waals surface area contributed by atoms with Crippen molar-refractivity contribution in [1.82, 2.24) is 0 Å². The van der Waals surface area contributed by atoms with Gasteiger partial charge >= 0.3 is 5.97 Å².